The van der Waals surface area contributed by atoms with Crippen LogP contribution in [0.15, 0.2) is 29.2 Å². The van der Waals surface area contributed by atoms with Crippen molar-refractivity contribution in [1.82, 2.24) is 4.72 Å². The Hall–Kier alpha value is -1.59. The Morgan fingerprint density at radius 2 is 1.74 bits per heavy atom. The summed E-state index contributed by atoms with van der Waals surface area (Å²) in [7, 11) is -4.44. The normalized spacial score (nSPS) is 13.1. The molecule has 0 aliphatic carbocycles. The molecule has 0 saturated heterocycles. The van der Waals surface area contributed by atoms with Crippen molar-refractivity contribution in [3.05, 3.63) is 29.8 Å². The fourth-order valence-electron chi connectivity index (χ4n) is 1.35. The highest BCUT2D eigenvalue weighted by atomic mass is 32.2. The van der Waals surface area contributed by atoms with E-state index < -0.39 is 32.2 Å². The molecule has 0 fully saturated rings. The van der Waals surface area contributed by atoms with Crippen LogP contribution in [0.1, 0.15) is 19.4 Å². The van der Waals surface area contributed by atoms with Crippen molar-refractivity contribution in [2.24, 2.45) is 0 Å². The van der Waals surface area contributed by atoms with E-state index in [4.69, 9.17) is 5.26 Å². The highest BCUT2D eigenvalue weighted by Crippen LogP contribution is 2.34. The van der Waals surface area contributed by atoms with Crippen LogP contribution >= 0.6 is 0 Å². The van der Waals surface area contributed by atoms with E-state index in [1.807, 2.05) is 4.72 Å². The van der Waals surface area contributed by atoms with Gasteiger partial charge in [0.25, 0.3) is 0 Å². The minimum Gasteiger partial charge on any atom is -0.207 e. The molecule has 0 aliphatic heterocycles. The molecule has 4 nitrogen and oxygen atoms in total. The monoisotopic (exact) mass is 292 g/mol. The topological polar surface area (TPSA) is 70.0 Å². The summed E-state index contributed by atoms with van der Waals surface area (Å²) in [5.41, 5.74) is -2.77. The third kappa shape index (κ3) is 3.68. The number of sulfonamides is 1. The Balaban J connectivity index is 3.36. The molecular formula is C11H11F3N2O2S. The first kappa shape index (κ1) is 15.5. The average molecular weight is 292 g/mol. The first-order valence-electron chi connectivity index (χ1n) is 5.11. The van der Waals surface area contributed by atoms with Gasteiger partial charge >= 0.3 is 6.18 Å². The maximum absolute atomic E-state index is 12.7. The Bertz CT molecular complexity index is 616. The second-order valence-corrected chi connectivity index (χ2v) is 5.99. The summed E-state index contributed by atoms with van der Waals surface area (Å²) in [6.07, 6.45) is -4.79. The number of halogens is 3. The van der Waals surface area contributed by atoms with Crippen molar-refractivity contribution < 1.29 is 21.6 Å². The summed E-state index contributed by atoms with van der Waals surface area (Å²) in [5.74, 6) is 0. The lowest BCUT2D eigenvalue weighted by molar-refractivity contribution is -0.139. The van der Waals surface area contributed by atoms with Gasteiger partial charge in [-0.25, -0.2) is 8.42 Å². The lowest BCUT2D eigenvalue weighted by atomic mass is 10.1. The second-order valence-electron chi connectivity index (χ2n) is 4.34. The molecule has 1 aromatic rings. The molecule has 19 heavy (non-hydrogen) atoms. The molecule has 0 unspecified atom stereocenters. The largest absolute Gasteiger partial charge is 0.417 e. The van der Waals surface area contributed by atoms with Crippen LogP contribution in [0.5, 0.6) is 0 Å². The molecule has 1 rings (SSSR count). The summed E-state index contributed by atoms with van der Waals surface area (Å²) in [5, 5.41) is 8.73. The molecule has 1 N–H and O–H groups in total. The van der Waals surface area contributed by atoms with E-state index >= 15 is 0 Å². The molecule has 0 radical (unpaired) electrons. The van der Waals surface area contributed by atoms with E-state index in [9.17, 15) is 21.6 Å². The molecule has 0 bridgehead atoms. The summed E-state index contributed by atoms with van der Waals surface area (Å²) in [6.45, 7) is 2.50. The van der Waals surface area contributed by atoms with Crippen LogP contribution < -0.4 is 4.72 Å². The number of nitriles is 1. The van der Waals surface area contributed by atoms with Crippen LogP contribution in [-0.4, -0.2) is 14.0 Å². The van der Waals surface area contributed by atoms with Crippen LogP contribution in [0.3, 0.4) is 0 Å². The Morgan fingerprint density at radius 1 is 1.21 bits per heavy atom. The Kier molecular flexibility index (Phi) is 3.93. The lowest BCUT2D eigenvalue weighted by Gasteiger charge is -2.19. The van der Waals surface area contributed by atoms with Crippen molar-refractivity contribution in [2.45, 2.75) is 30.5 Å². The Morgan fingerprint density at radius 3 is 2.21 bits per heavy atom. The quantitative estimate of drug-likeness (QED) is 0.929. The number of hydrogen-bond donors (Lipinski definition) is 1. The predicted molar refractivity (Wildman–Crippen MR) is 61.5 cm³/mol. The van der Waals surface area contributed by atoms with Gasteiger partial charge in [0.1, 0.15) is 5.54 Å². The maximum atomic E-state index is 12.7. The van der Waals surface area contributed by atoms with Crippen molar-refractivity contribution >= 4 is 10.0 Å². The summed E-state index contributed by atoms with van der Waals surface area (Å²) < 4.78 is 64.0. The van der Waals surface area contributed by atoms with Gasteiger partial charge < -0.3 is 0 Å². The SMILES string of the molecule is CC(C)(C#N)NS(=O)(=O)c1ccccc1C(F)(F)F. The van der Waals surface area contributed by atoms with E-state index in [-0.39, 0.29) is 0 Å². The van der Waals surface area contributed by atoms with Gasteiger partial charge in [-0.05, 0) is 26.0 Å². The van der Waals surface area contributed by atoms with Gasteiger partial charge in [0, 0.05) is 0 Å². The minimum atomic E-state index is -4.79. The average Bonchev–Trinajstić information content (AvgIpc) is 2.27. The summed E-state index contributed by atoms with van der Waals surface area (Å²) >= 11 is 0. The van der Waals surface area contributed by atoms with E-state index in [0.29, 0.717) is 6.07 Å². The van der Waals surface area contributed by atoms with E-state index in [2.05, 4.69) is 0 Å². The third-order valence-corrected chi connectivity index (χ3v) is 3.87. The highest BCUT2D eigenvalue weighted by molar-refractivity contribution is 7.89. The van der Waals surface area contributed by atoms with Crippen LogP contribution in [-0.2, 0) is 16.2 Å². The number of nitrogens with zero attached hydrogens (tertiary/aromatic N) is 1. The molecule has 0 heterocycles. The maximum Gasteiger partial charge on any atom is 0.417 e. The molecule has 0 atom stereocenters. The first-order chi connectivity index (χ1) is 8.49. The van der Waals surface area contributed by atoms with E-state index in [1.165, 1.54) is 19.9 Å². The highest BCUT2D eigenvalue weighted by Gasteiger charge is 2.38. The molecule has 0 aromatic heterocycles. The number of alkyl halides is 3. The fourth-order valence-corrected chi connectivity index (χ4v) is 2.91. The molecule has 1 aromatic carbocycles. The van der Waals surface area contributed by atoms with Gasteiger partial charge in [0.2, 0.25) is 10.0 Å². The summed E-state index contributed by atoms with van der Waals surface area (Å²) in [6, 6.07) is 5.45. The molecule has 8 heteroatoms. The van der Waals surface area contributed by atoms with Crippen molar-refractivity contribution in [2.75, 3.05) is 0 Å². The number of rotatable bonds is 3. The summed E-state index contributed by atoms with van der Waals surface area (Å²) in [4.78, 5) is -0.897. The number of benzene rings is 1. The van der Waals surface area contributed by atoms with Gasteiger partial charge in [0.05, 0.1) is 16.5 Å². The van der Waals surface area contributed by atoms with Crippen molar-refractivity contribution in [3.8, 4) is 6.07 Å². The van der Waals surface area contributed by atoms with Gasteiger partial charge in [0.15, 0.2) is 0 Å². The predicted octanol–water partition coefficient (Wildman–Crippen LogP) is 2.29. The molecule has 104 valence electrons. The zero-order valence-corrected chi connectivity index (χ0v) is 10.9. The lowest BCUT2D eigenvalue weighted by Crippen LogP contribution is -2.42. The van der Waals surface area contributed by atoms with E-state index in [1.54, 1.807) is 6.07 Å². The van der Waals surface area contributed by atoms with Gasteiger partial charge in [-0.3, -0.25) is 0 Å². The standard InChI is InChI=1S/C11H11F3N2O2S/c1-10(2,7-15)16-19(17,18)9-6-4-3-5-8(9)11(12,13)14/h3-6,16H,1-2H3. The molecule has 0 saturated carbocycles. The zero-order chi connectivity index (χ0) is 14.9. The molecule has 0 spiro atoms. The zero-order valence-electron chi connectivity index (χ0n) is 10.1. The molecule has 0 aliphatic rings. The smallest absolute Gasteiger partial charge is 0.207 e. The van der Waals surface area contributed by atoms with Crippen molar-refractivity contribution in [1.29, 1.82) is 5.26 Å². The fraction of sp³-hybridized carbons (Fsp3) is 0.364. The number of nitrogens with one attached hydrogen (secondary N) is 1. The number of hydrogen-bond acceptors (Lipinski definition) is 3. The first-order valence-corrected chi connectivity index (χ1v) is 6.59. The van der Waals surface area contributed by atoms with Crippen LogP contribution in [0, 0.1) is 11.3 Å². The van der Waals surface area contributed by atoms with Crippen LogP contribution in [0.2, 0.25) is 0 Å². The van der Waals surface area contributed by atoms with Crippen LogP contribution in [0.4, 0.5) is 13.2 Å². The van der Waals surface area contributed by atoms with Gasteiger partial charge in [-0.15, -0.1) is 0 Å². The van der Waals surface area contributed by atoms with Crippen molar-refractivity contribution in [3.63, 3.8) is 0 Å². The van der Waals surface area contributed by atoms with Gasteiger partial charge in [-0.1, -0.05) is 12.1 Å². The van der Waals surface area contributed by atoms with Crippen LogP contribution in [0.25, 0.3) is 0 Å². The minimum absolute atomic E-state index is 0.675. The molecular weight excluding hydrogens is 281 g/mol. The van der Waals surface area contributed by atoms with Gasteiger partial charge in [-0.2, -0.15) is 23.2 Å². The second kappa shape index (κ2) is 4.83. The third-order valence-electron chi connectivity index (χ3n) is 2.15. The van der Waals surface area contributed by atoms with E-state index in [0.717, 1.165) is 12.1 Å². The molecule has 0 amide bonds. The Labute approximate surface area is 108 Å².